The maximum absolute atomic E-state index is 11.9. The van der Waals surface area contributed by atoms with E-state index in [0.29, 0.717) is 13.2 Å². The second-order valence-corrected chi connectivity index (χ2v) is 5.01. The molecule has 1 unspecified atom stereocenters. The average Bonchev–Trinajstić information content (AvgIpc) is 2.37. The van der Waals surface area contributed by atoms with Gasteiger partial charge in [-0.05, 0) is 38.6 Å². The molecule has 0 aliphatic rings. The van der Waals surface area contributed by atoms with Gasteiger partial charge in [-0.1, -0.05) is 19.1 Å². The monoisotopic (exact) mass is 264 g/mol. The van der Waals surface area contributed by atoms with Gasteiger partial charge in [0.2, 0.25) is 5.91 Å². The molecule has 0 aromatic heterocycles. The third-order valence-corrected chi connectivity index (χ3v) is 2.74. The van der Waals surface area contributed by atoms with E-state index in [0.717, 1.165) is 11.3 Å². The number of nitrogens with one attached hydrogen (secondary N) is 2. The van der Waals surface area contributed by atoms with Gasteiger partial charge in [0.05, 0.1) is 12.7 Å². The van der Waals surface area contributed by atoms with Gasteiger partial charge in [0.1, 0.15) is 0 Å². The van der Waals surface area contributed by atoms with Crippen LogP contribution in [0.3, 0.4) is 0 Å². The normalized spacial score (nSPS) is 12.5. The molecule has 1 aromatic rings. The molecule has 4 nitrogen and oxygen atoms in total. The number of rotatable bonds is 7. The molecular formula is C15H24N2O2. The molecule has 0 bridgehead atoms. The summed E-state index contributed by atoms with van der Waals surface area (Å²) in [5.41, 5.74) is 1.88. The number of hydrogen-bond acceptors (Lipinski definition) is 3. The summed E-state index contributed by atoms with van der Waals surface area (Å²) >= 11 is 0. The van der Waals surface area contributed by atoms with E-state index in [-0.39, 0.29) is 17.9 Å². The number of ether oxygens (including phenoxy) is 1. The van der Waals surface area contributed by atoms with Crippen LogP contribution in [-0.2, 0) is 16.1 Å². The Morgan fingerprint density at radius 2 is 2.05 bits per heavy atom. The van der Waals surface area contributed by atoms with Crippen molar-refractivity contribution in [2.24, 2.45) is 5.92 Å². The topological polar surface area (TPSA) is 50.4 Å². The van der Waals surface area contributed by atoms with Crippen molar-refractivity contribution < 1.29 is 9.53 Å². The number of carbonyl (C=O) groups is 1. The van der Waals surface area contributed by atoms with Gasteiger partial charge in [0.15, 0.2) is 0 Å². The van der Waals surface area contributed by atoms with E-state index in [1.165, 1.54) is 0 Å². The van der Waals surface area contributed by atoms with Crippen LogP contribution in [0.2, 0.25) is 0 Å². The van der Waals surface area contributed by atoms with Crippen molar-refractivity contribution in [3.8, 4) is 0 Å². The van der Waals surface area contributed by atoms with Crippen LogP contribution in [0.1, 0.15) is 26.3 Å². The van der Waals surface area contributed by atoms with Gasteiger partial charge in [0, 0.05) is 18.2 Å². The summed E-state index contributed by atoms with van der Waals surface area (Å²) in [4.78, 5) is 11.9. The Kier molecular flexibility index (Phi) is 6.53. The van der Waals surface area contributed by atoms with Crippen LogP contribution >= 0.6 is 0 Å². The summed E-state index contributed by atoms with van der Waals surface area (Å²) in [6.45, 7) is 7.14. The van der Waals surface area contributed by atoms with Crippen LogP contribution in [0.15, 0.2) is 24.3 Å². The Hall–Kier alpha value is -1.39. The first-order valence-corrected chi connectivity index (χ1v) is 6.69. The largest absolute Gasteiger partial charge is 0.374 e. The molecule has 19 heavy (non-hydrogen) atoms. The third-order valence-electron chi connectivity index (χ3n) is 2.74. The quantitative estimate of drug-likeness (QED) is 0.795. The van der Waals surface area contributed by atoms with E-state index in [4.69, 9.17) is 4.74 Å². The number of anilines is 1. The molecule has 0 heterocycles. The summed E-state index contributed by atoms with van der Waals surface area (Å²) in [5, 5.41) is 5.92. The number of benzene rings is 1. The van der Waals surface area contributed by atoms with Gasteiger partial charge in [-0.3, -0.25) is 4.79 Å². The Labute approximate surface area is 115 Å². The van der Waals surface area contributed by atoms with E-state index in [2.05, 4.69) is 10.6 Å². The second-order valence-electron chi connectivity index (χ2n) is 5.01. The van der Waals surface area contributed by atoms with E-state index in [9.17, 15) is 4.79 Å². The van der Waals surface area contributed by atoms with Crippen LogP contribution in [0.5, 0.6) is 0 Å². The lowest BCUT2D eigenvalue weighted by Gasteiger charge is -2.13. The zero-order valence-corrected chi connectivity index (χ0v) is 12.2. The van der Waals surface area contributed by atoms with Crippen LogP contribution in [-0.4, -0.2) is 25.6 Å². The minimum Gasteiger partial charge on any atom is -0.374 e. The average molecular weight is 264 g/mol. The Bertz CT molecular complexity index is 405. The molecule has 0 aliphatic carbocycles. The van der Waals surface area contributed by atoms with E-state index in [1.807, 2.05) is 52.1 Å². The first kappa shape index (κ1) is 15.7. The van der Waals surface area contributed by atoms with Crippen molar-refractivity contribution in [2.75, 3.05) is 18.9 Å². The minimum absolute atomic E-state index is 0.0243. The van der Waals surface area contributed by atoms with Crippen molar-refractivity contribution in [3.63, 3.8) is 0 Å². The highest BCUT2D eigenvalue weighted by Gasteiger charge is 2.11. The summed E-state index contributed by atoms with van der Waals surface area (Å²) in [5.74, 6) is -0.0307. The maximum Gasteiger partial charge on any atom is 0.228 e. The molecule has 0 saturated heterocycles. The van der Waals surface area contributed by atoms with Crippen LogP contribution in [0.25, 0.3) is 0 Å². The van der Waals surface area contributed by atoms with Crippen molar-refractivity contribution in [1.82, 2.24) is 5.32 Å². The zero-order chi connectivity index (χ0) is 14.3. The minimum atomic E-state index is -0.0550. The molecule has 0 fully saturated rings. The van der Waals surface area contributed by atoms with Gasteiger partial charge in [-0.2, -0.15) is 0 Å². The predicted octanol–water partition coefficient (Wildman–Crippen LogP) is 2.41. The van der Waals surface area contributed by atoms with Gasteiger partial charge in [0.25, 0.3) is 0 Å². The number of hydrogen-bond donors (Lipinski definition) is 2. The number of amides is 1. The molecule has 1 atom stereocenters. The highest BCUT2D eigenvalue weighted by Crippen LogP contribution is 2.13. The number of carbonyl (C=O) groups excluding carboxylic acids is 1. The van der Waals surface area contributed by atoms with E-state index >= 15 is 0 Å². The molecule has 0 saturated carbocycles. The van der Waals surface area contributed by atoms with E-state index in [1.54, 1.807) is 0 Å². The molecule has 1 amide bonds. The maximum atomic E-state index is 11.9. The standard InChI is InChI=1S/C15H24N2O2/c1-11(2)19-10-13-6-5-7-14(8-13)17-15(18)12(3)9-16-4/h5-8,11-12,16H,9-10H2,1-4H3,(H,17,18). The zero-order valence-electron chi connectivity index (χ0n) is 12.2. The van der Waals surface area contributed by atoms with Crippen LogP contribution < -0.4 is 10.6 Å². The predicted molar refractivity (Wildman–Crippen MR) is 78.1 cm³/mol. The first-order chi connectivity index (χ1) is 9.02. The molecule has 0 radical (unpaired) electrons. The van der Waals surface area contributed by atoms with Crippen molar-refractivity contribution in [1.29, 1.82) is 0 Å². The van der Waals surface area contributed by atoms with Gasteiger partial charge in [-0.25, -0.2) is 0 Å². The summed E-state index contributed by atoms with van der Waals surface area (Å²) in [6.07, 6.45) is 0.203. The molecule has 1 aromatic carbocycles. The lowest BCUT2D eigenvalue weighted by atomic mass is 10.1. The summed E-state index contributed by atoms with van der Waals surface area (Å²) < 4.78 is 5.55. The first-order valence-electron chi connectivity index (χ1n) is 6.69. The molecule has 4 heteroatoms. The lowest BCUT2D eigenvalue weighted by molar-refractivity contribution is -0.119. The van der Waals surface area contributed by atoms with Crippen LogP contribution in [0, 0.1) is 5.92 Å². The molecule has 2 N–H and O–H groups in total. The fourth-order valence-corrected chi connectivity index (χ4v) is 1.67. The van der Waals surface area contributed by atoms with Crippen LogP contribution in [0.4, 0.5) is 5.69 Å². The fraction of sp³-hybridized carbons (Fsp3) is 0.533. The highest BCUT2D eigenvalue weighted by molar-refractivity contribution is 5.92. The molecule has 0 aliphatic heterocycles. The van der Waals surface area contributed by atoms with Gasteiger partial charge < -0.3 is 15.4 Å². The molecule has 106 valence electrons. The Balaban J connectivity index is 2.59. The summed E-state index contributed by atoms with van der Waals surface area (Å²) in [7, 11) is 1.84. The van der Waals surface area contributed by atoms with Gasteiger partial charge in [-0.15, -0.1) is 0 Å². The van der Waals surface area contributed by atoms with Crippen molar-refractivity contribution in [3.05, 3.63) is 29.8 Å². The van der Waals surface area contributed by atoms with Crippen molar-refractivity contribution in [2.45, 2.75) is 33.5 Å². The highest BCUT2D eigenvalue weighted by atomic mass is 16.5. The molecule has 0 spiro atoms. The fourth-order valence-electron chi connectivity index (χ4n) is 1.67. The Morgan fingerprint density at radius 1 is 1.32 bits per heavy atom. The third kappa shape index (κ3) is 5.85. The second kappa shape index (κ2) is 7.92. The Morgan fingerprint density at radius 3 is 2.68 bits per heavy atom. The van der Waals surface area contributed by atoms with Crippen molar-refractivity contribution >= 4 is 11.6 Å². The molecular weight excluding hydrogens is 240 g/mol. The van der Waals surface area contributed by atoms with E-state index < -0.39 is 0 Å². The molecule has 1 rings (SSSR count). The lowest BCUT2D eigenvalue weighted by Crippen LogP contribution is -2.28. The summed E-state index contributed by atoms with van der Waals surface area (Å²) in [6, 6.07) is 7.77. The smallest absolute Gasteiger partial charge is 0.228 e. The SMILES string of the molecule is CNCC(C)C(=O)Nc1cccc(COC(C)C)c1. The van der Waals surface area contributed by atoms with Gasteiger partial charge >= 0.3 is 0 Å².